The zero-order chi connectivity index (χ0) is 14.5. The molecule has 110 valence electrons. The molecule has 1 aliphatic rings. The van der Waals surface area contributed by atoms with Crippen molar-refractivity contribution in [3.8, 4) is 0 Å². The normalized spacial score (nSPS) is 17.6. The molecule has 0 saturated carbocycles. The average Bonchev–Trinajstić information content (AvgIpc) is 2.57. The van der Waals surface area contributed by atoms with Crippen molar-refractivity contribution in [1.82, 2.24) is 9.97 Å². The Balaban J connectivity index is 2.05. The van der Waals surface area contributed by atoms with E-state index >= 15 is 0 Å². The van der Waals surface area contributed by atoms with Crippen LogP contribution in [0, 0.1) is 0 Å². The molecule has 0 spiro atoms. The maximum atomic E-state index is 5.65. The molecule has 3 rings (SSSR count). The van der Waals surface area contributed by atoms with E-state index in [1.807, 2.05) is 18.3 Å². The maximum Gasteiger partial charge on any atom is 0.139 e. The second-order valence-corrected chi connectivity index (χ2v) is 5.47. The van der Waals surface area contributed by atoms with Crippen LogP contribution in [0.3, 0.4) is 0 Å². The lowest BCUT2D eigenvalue weighted by atomic mass is 9.73. The lowest BCUT2D eigenvalue weighted by molar-refractivity contribution is 0.0604. The molecule has 1 saturated heterocycles. The van der Waals surface area contributed by atoms with Gasteiger partial charge in [0.1, 0.15) is 5.82 Å². The summed E-state index contributed by atoms with van der Waals surface area (Å²) in [5.74, 6) is 0.906. The highest BCUT2D eigenvalue weighted by Gasteiger charge is 2.38. The minimum absolute atomic E-state index is 0.135. The topological polar surface area (TPSA) is 61.0 Å². The third-order valence-electron chi connectivity index (χ3n) is 4.21. The summed E-state index contributed by atoms with van der Waals surface area (Å²) in [6.07, 6.45) is 4.48. The fourth-order valence-corrected chi connectivity index (χ4v) is 3.03. The van der Waals surface area contributed by atoms with Gasteiger partial charge >= 0.3 is 0 Å². The zero-order valence-electron chi connectivity index (χ0n) is 12.2. The molecule has 0 atom stereocenters. The second-order valence-electron chi connectivity index (χ2n) is 5.47. The van der Waals surface area contributed by atoms with Crippen molar-refractivity contribution in [2.75, 3.05) is 19.8 Å². The van der Waals surface area contributed by atoms with E-state index in [1.165, 1.54) is 5.56 Å². The summed E-state index contributed by atoms with van der Waals surface area (Å²) in [5, 5.41) is 0. The molecule has 21 heavy (non-hydrogen) atoms. The molecule has 2 aromatic rings. The van der Waals surface area contributed by atoms with Crippen LogP contribution in [0.15, 0.2) is 42.6 Å². The van der Waals surface area contributed by atoms with Crippen LogP contribution >= 0.6 is 0 Å². The average molecular weight is 283 g/mol. The summed E-state index contributed by atoms with van der Waals surface area (Å²) in [5.41, 5.74) is 7.81. The number of ether oxygens (including phenoxy) is 1. The first-order valence-electron chi connectivity index (χ1n) is 7.51. The highest BCUT2D eigenvalue weighted by Crippen LogP contribution is 2.39. The Morgan fingerprint density at radius 3 is 2.57 bits per heavy atom. The van der Waals surface area contributed by atoms with E-state index in [1.54, 1.807) is 0 Å². The van der Waals surface area contributed by atoms with Crippen LogP contribution in [0.5, 0.6) is 0 Å². The summed E-state index contributed by atoms with van der Waals surface area (Å²) in [4.78, 5) is 9.37. The molecule has 2 heterocycles. The molecule has 4 nitrogen and oxygen atoms in total. The third kappa shape index (κ3) is 2.82. The molecular formula is C17H21N3O. The van der Waals surface area contributed by atoms with Crippen molar-refractivity contribution >= 4 is 0 Å². The minimum atomic E-state index is -0.135. The fraction of sp³-hybridized carbons (Fsp3) is 0.412. The summed E-state index contributed by atoms with van der Waals surface area (Å²) in [6.45, 7) is 2.11. The largest absolute Gasteiger partial charge is 0.381 e. The van der Waals surface area contributed by atoms with Crippen molar-refractivity contribution in [1.29, 1.82) is 0 Å². The zero-order valence-corrected chi connectivity index (χ0v) is 12.2. The molecule has 1 aromatic carbocycles. The lowest BCUT2D eigenvalue weighted by Gasteiger charge is -2.36. The Kier molecular flexibility index (Phi) is 4.27. The molecular weight excluding hydrogens is 262 g/mol. The van der Waals surface area contributed by atoms with Gasteiger partial charge in [-0.25, -0.2) is 9.97 Å². The van der Waals surface area contributed by atoms with Crippen molar-refractivity contribution < 1.29 is 4.74 Å². The predicted octanol–water partition coefficient (Wildman–Crippen LogP) is 2.07. The Labute approximate surface area is 125 Å². The Morgan fingerprint density at radius 2 is 1.86 bits per heavy atom. The first-order chi connectivity index (χ1) is 10.3. The number of hydrogen-bond donors (Lipinski definition) is 1. The molecule has 0 amide bonds. The predicted molar refractivity (Wildman–Crippen MR) is 82.1 cm³/mol. The van der Waals surface area contributed by atoms with Gasteiger partial charge in [-0.1, -0.05) is 30.3 Å². The maximum absolute atomic E-state index is 5.65. The van der Waals surface area contributed by atoms with Crippen LogP contribution in [0.1, 0.15) is 29.9 Å². The first-order valence-corrected chi connectivity index (χ1v) is 7.51. The Bertz CT molecular complexity index is 580. The van der Waals surface area contributed by atoms with E-state index in [2.05, 4.69) is 29.2 Å². The van der Waals surface area contributed by atoms with Gasteiger partial charge in [-0.05, 0) is 31.0 Å². The smallest absolute Gasteiger partial charge is 0.139 e. The number of nitrogens with zero attached hydrogens (tertiary/aromatic N) is 2. The molecule has 0 bridgehead atoms. The summed E-state index contributed by atoms with van der Waals surface area (Å²) in [7, 11) is 0. The Hall–Kier alpha value is -1.78. The van der Waals surface area contributed by atoms with Gasteiger partial charge in [0.2, 0.25) is 0 Å². The second kappa shape index (κ2) is 6.33. The van der Waals surface area contributed by atoms with Crippen LogP contribution in [0.4, 0.5) is 0 Å². The molecule has 1 aliphatic heterocycles. The van der Waals surface area contributed by atoms with Gasteiger partial charge in [-0.2, -0.15) is 0 Å². The van der Waals surface area contributed by atoms with E-state index in [-0.39, 0.29) is 5.41 Å². The van der Waals surface area contributed by atoms with Crippen LogP contribution < -0.4 is 5.73 Å². The van der Waals surface area contributed by atoms with Gasteiger partial charge in [0.05, 0.1) is 5.41 Å². The SMILES string of the molecule is NCCc1ccnc(C2(c3ccccc3)CCOCC2)n1. The van der Waals surface area contributed by atoms with Gasteiger partial charge in [0.15, 0.2) is 0 Å². The molecule has 0 radical (unpaired) electrons. The number of benzene rings is 1. The quantitative estimate of drug-likeness (QED) is 0.933. The highest BCUT2D eigenvalue weighted by atomic mass is 16.5. The summed E-state index contributed by atoms with van der Waals surface area (Å²) >= 11 is 0. The molecule has 0 unspecified atom stereocenters. The summed E-state index contributed by atoms with van der Waals surface area (Å²) < 4.78 is 5.57. The standard InChI is InChI=1S/C17H21N3O/c18-10-6-15-7-11-19-16(20-15)17(8-12-21-13-9-17)14-4-2-1-3-5-14/h1-5,7,11H,6,8-10,12-13,18H2. The van der Waals surface area contributed by atoms with Gasteiger partial charge in [0.25, 0.3) is 0 Å². The monoisotopic (exact) mass is 283 g/mol. The number of nitrogens with two attached hydrogens (primary N) is 1. The molecule has 2 N–H and O–H groups in total. The highest BCUT2D eigenvalue weighted by molar-refractivity contribution is 5.33. The van der Waals surface area contributed by atoms with Crippen molar-refractivity contribution in [2.45, 2.75) is 24.7 Å². The molecule has 4 heteroatoms. The number of hydrogen-bond acceptors (Lipinski definition) is 4. The molecule has 1 aromatic heterocycles. The van der Waals surface area contributed by atoms with E-state index in [0.29, 0.717) is 6.54 Å². The van der Waals surface area contributed by atoms with Gasteiger partial charge in [-0.15, -0.1) is 0 Å². The van der Waals surface area contributed by atoms with E-state index in [0.717, 1.165) is 44.0 Å². The number of aromatic nitrogens is 2. The van der Waals surface area contributed by atoms with Crippen molar-refractivity contribution in [3.63, 3.8) is 0 Å². The lowest BCUT2D eigenvalue weighted by Crippen LogP contribution is -2.37. The van der Waals surface area contributed by atoms with Crippen LogP contribution in [-0.4, -0.2) is 29.7 Å². The van der Waals surface area contributed by atoms with E-state index < -0.39 is 0 Å². The van der Waals surface area contributed by atoms with Crippen LogP contribution in [-0.2, 0) is 16.6 Å². The van der Waals surface area contributed by atoms with Gasteiger partial charge < -0.3 is 10.5 Å². The fourth-order valence-electron chi connectivity index (χ4n) is 3.03. The van der Waals surface area contributed by atoms with Crippen molar-refractivity contribution in [3.05, 3.63) is 59.7 Å². The van der Waals surface area contributed by atoms with Crippen LogP contribution in [0.2, 0.25) is 0 Å². The molecule has 0 aliphatic carbocycles. The van der Waals surface area contributed by atoms with Crippen molar-refractivity contribution in [2.24, 2.45) is 5.73 Å². The first kappa shape index (κ1) is 14.2. The number of rotatable bonds is 4. The van der Waals surface area contributed by atoms with Gasteiger partial charge in [-0.3, -0.25) is 0 Å². The van der Waals surface area contributed by atoms with Crippen LogP contribution in [0.25, 0.3) is 0 Å². The van der Waals surface area contributed by atoms with E-state index in [9.17, 15) is 0 Å². The summed E-state index contributed by atoms with van der Waals surface area (Å²) in [6, 6.07) is 12.5. The minimum Gasteiger partial charge on any atom is -0.381 e. The van der Waals surface area contributed by atoms with Gasteiger partial charge in [0, 0.05) is 31.5 Å². The third-order valence-corrected chi connectivity index (χ3v) is 4.21. The van der Waals surface area contributed by atoms with E-state index in [4.69, 9.17) is 15.5 Å². The Morgan fingerprint density at radius 1 is 1.10 bits per heavy atom. The molecule has 1 fully saturated rings.